The van der Waals surface area contributed by atoms with Gasteiger partial charge in [0.25, 0.3) is 10.1 Å². The fourth-order valence-corrected chi connectivity index (χ4v) is 6.05. The van der Waals surface area contributed by atoms with Crippen molar-refractivity contribution in [2.75, 3.05) is 7.11 Å². The highest BCUT2D eigenvalue weighted by atomic mass is 32.2. The van der Waals surface area contributed by atoms with Crippen LogP contribution in [0, 0.1) is 0 Å². The lowest BCUT2D eigenvalue weighted by Crippen LogP contribution is -2.07. The Morgan fingerprint density at radius 1 is 0.659 bits per heavy atom. The smallest absolute Gasteiger partial charge is 0.298 e. The molecule has 2 N–H and O–H groups in total. The molecule has 6 rings (SSSR count). The van der Waals surface area contributed by atoms with Crippen LogP contribution in [0.3, 0.4) is 0 Å². The van der Waals surface area contributed by atoms with Gasteiger partial charge in [0.15, 0.2) is 5.78 Å². The summed E-state index contributed by atoms with van der Waals surface area (Å²) in [5, 5.41) is 14.8. The third-order valence-corrected chi connectivity index (χ3v) is 8.11. The first kappa shape index (κ1) is 26.3. The second kappa shape index (κ2) is 10.2. The van der Waals surface area contributed by atoms with E-state index in [0.717, 1.165) is 55.9 Å². The van der Waals surface area contributed by atoms with Crippen molar-refractivity contribution in [3.8, 4) is 33.8 Å². The number of methoxy groups -OCH3 is 1. The number of hydrogen-bond acceptors (Lipinski definition) is 5. The first-order valence-corrected chi connectivity index (χ1v) is 14.2. The highest BCUT2D eigenvalue weighted by Gasteiger charge is 2.24. The molecule has 0 aliphatic carbocycles. The zero-order valence-electron chi connectivity index (χ0n) is 21.9. The van der Waals surface area contributed by atoms with E-state index in [-0.39, 0.29) is 16.9 Å². The first-order chi connectivity index (χ1) is 19.8. The number of rotatable bonds is 6. The highest BCUT2D eigenvalue weighted by Crippen LogP contribution is 2.43. The Kier molecular flexibility index (Phi) is 6.53. The van der Waals surface area contributed by atoms with Crippen molar-refractivity contribution in [2.45, 2.75) is 4.90 Å². The lowest BCUT2D eigenvalue weighted by atomic mass is 9.86. The topological polar surface area (TPSA) is 101 Å². The molecular formula is C34H24O6S. The van der Waals surface area contributed by atoms with E-state index < -0.39 is 26.5 Å². The van der Waals surface area contributed by atoms with Crippen LogP contribution in [0.15, 0.2) is 120 Å². The van der Waals surface area contributed by atoms with Crippen molar-refractivity contribution in [3.05, 3.63) is 126 Å². The van der Waals surface area contributed by atoms with Gasteiger partial charge in [0.1, 0.15) is 16.4 Å². The van der Waals surface area contributed by atoms with E-state index in [1.54, 1.807) is 12.1 Å². The number of hydrogen-bond donors (Lipinski definition) is 2. The average molecular weight is 561 g/mol. The molecule has 6 nitrogen and oxygen atoms in total. The minimum Gasteiger partial charge on any atom is -0.507 e. The predicted octanol–water partition coefficient (Wildman–Crippen LogP) is 7.52. The lowest BCUT2D eigenvalue weighted by Gasteiger charge is -2.18. The van der Waals surface area contributed by atoms with E-state index in [0.29, 0.717) is 0 Å². The molecule has 6 aromatic rings. The molecule has 0 bridgehead atoms. The standard InChI is InChI=1S/C34H24O6S/c1-40-30-20-29(35)28(19-31(30)41(37,38)39)34(36)23-17-15-22(16-18-23)33-26-13-7-5-11-24(26)32(21-9-3-2-4-10-21)25-12-6-8-14-27(25)33/h2-20,35H,1H3,(H,37,38,39). The Balaban J connectivity index is 1.50. The summed E-state index contributed by atoms with van der Waals surface area (Å²) in [6.45, 7) is 0. The SMILES string of the molecule is COc1cc(O)c(C(=O)c2ccc(-c3c4ccccc4c(-c4ccccc4)c4ccccc34)cc2)cc1S(=O)(=O)O. The minimum atomic E-state index is -4.70. The quantitative estimate of drug-likeness (QED) is 0.124. The zero-order chi connectivity index (χ0) is 28.7. The van der Waals surface area contributed by atoms with Crippen LogP contribution < -0.4 is 4.74 Å². The van der Waals surface area contributed by atoms with Gasteiger partial charge in [-0.15, -0.1) is 0 Å². The van der Waals surface area contributed by atoms with Crippen molar-refractivity contribution >= 4 is 37.4 Å². The maximum absolute atomic E-state index is 13.3. The second-order valence-corrected chi connectivity index (χ2v) is 11.0. The average Bonchev–Trinajstić information content (AvgIpc) is 2.99. The van der Waals surface area contributed by atoms with Gasteiger partial charge in [-0.1, -0.05) is 103 Å². The van der Waals surface area contributed by atoms with Crippen molar-refractivity contribution < 1.29 is 27.6 Å². The van der Waals surface area contributed by atoms with Crippen LogP contribution in [0.1, 0.15) is 15.9 Å². The first-order valence-electron chi connectivity index (χ1n) is 12.8. The number of ketones is 1. The monoisotopic (exact) mass is 560 g/mol. The third-order valence-electron chi connectivity index (χ3n) is 7.23. The summed E-state index contributed by atoms with van der Waals surface area (Å²) in [5.41, 5.74) is 4.16. The molecule has 0 aliphatic heterocycles. The van der Waals surface area contributed by atoms with Gasteiger partial charge < -0.3 is 9.84 Å². The Morgan fingerprint density at radius 2 is 1.12 bits per heavy atom. The largest absolute Gasteiger partial charge is 0.507 e. The number of carbonyl (C=O) groups excluding carboxylic acids is 1. The number of ether oxygens (including phenoxy) is 1. The number of benzene rings is 6. The van der Waals surface area contributed by atoms with E-state index >= 15 is 0 Å². The van der Waals surface area contributed by atoms with E-state index in [4.69, 9.17) is 4.74 Å². The fraction of sp³-hybridized carbons (Fsp3) is 0.0294. The molecule has 41 heavy (non-hydrogen) atoms. The van der Waals surface area contributed by atoms with Crippen molar-refractivity contribution in [2.24, 2.45) is 0 Å². The summed E-state index contributed by atoms with van der Waals surface area (Å²) in [6.07, 6.45) is 0. The predicted molar refractivity (Wildman–Crippen MR) is 160 cm³/mol. The minimum absolute atomic E-state index is 0.241. The van der Waals surface area contributed by atoms with Crippen LogP contribution in [0.2, 0.25) is 0 Å². The summed E-state index contributed by atoms with van der Waals surface area (Å²) in [7, 11) is -3.50. The van der Waals surface area contributed by atoms with E-state index in [1.807, 2.05) is 54.6 Å². The normalized spacial score (nSPS) is 11.6. The maximum atomic E-state index is 13.3. The molecule has 0 heterocycles. The Morgan fingerprint density at radius 3 is 1.59 bits per heavy atom. The van der Waals surface area contributed by atoms with Crippen molar-refractivity contribution in [1.29, 1.82) is 0 Å². The molecule has 0 saturated heterocycles. The Hall–Kier alpha value is -4.98. The van der Waals surface area contributed by atoms with Crippen LogP contribution in [-0.4, -0.2) is 31.0 Å². The summed E-state index contributed by atoms with van der Waals surface area (Å²) in [4.78, 5) is 12.7. The van der Waals surface area contributed by atoms with E-state index in [2.05, 4.69) is 36.4 Å². The van der Waals surface area contributed by atoms with Gasteiger partial charge in [0, 0.05) is 11.6 Å². The van der Waals surface area contributed by atoms with Crippen LogP contribution in [-0.2, 0) is 10.1 Å². The summed E-state index contributed by atoms with van der Waals surface area (Å²) < 4.78 is 38.2. The third kappa shape index (κ3) is 4.61. The summed E-state index contributed by atoms with van der Waals surface area (Å²) in [6, 6.07) is 35.6. The zero-order valence-corrected chi connectivity index (χ0v) is 22.7. The molecule has 0 saturated carbocycles. The molecule has 0 unspecified atom stereocenters. The second-order valence-electron chi connectivity index (χ2n) is 9.61. The number of phenolic OH excluding ortho intramolecular Hbond substituents is 1. The molecule has 202 valence electrons. The Labute approximate surface area is 236 Å². The van der Waals surface area contributed by atoms with Gasteiger partial charge in [0.05, 0.1) is 12.7 Å². The fourth-order valence-electron chi connectivity index (χ4n) is 5.39. The van der Waals surface area contributed by atoms with Gasteiger partial charge in [-0.2, -0.15) is 8.42 Å². The van der Waals surface area contributed by atoms with Gasteiger partial charge in [-0.25, -0.2) is 0 Å². The maximum Gasteiger partial charge on any atom is 0.298 e. The lowest BCUT2D eigenvalue weighted by molar-refractivity contribution is 0.103. The van der Waals surface area contributed by atoms with Gasteiger partial charge in [-0.05, 0) is 49.9 Å². The van der Waals surface area contributed by atoms with Crippen LogP contribution in [0.5, 0.6) is 11.5 Å². The van der Waals surface area contributed by atoms with Crippen LogP contribution >= 0.6 is 0 Å². The number of carbonyl (C=O) groups is 1. The summed E-state index contributed by atoms with van der Waals surface area (Å²) >= 11 is 0. The number of fused-ring (bicyclic) bond motifs is 2. The molecule has 0 amide bonds. The van der Waals surface area contributed by atoms with E-state index in [9.17, 15) is 22.9 Å². The Bertz CT molecular complexity index is 2010. The molecular weight excluding hydrogens is 536 g/mol. The van der Waals surface area contributed by atoms with Gasteiger partial charge in [-0.3, -0.25) is 9.35 Å². The molecule has 7 heteroatoms. The van der Waals surface area contributed by atoms with Crippen molar-refractivity contribution in [3.63, 3.8) is 0 Å². The molecule has 0 spiro atoms. The van der Waals surface area contributed by atoms with Gasteiger partial charge in [0.2, 0.25) is 0 Å². The molecule has 0 atom stereocenters. The molecule has 0 fully saturated rings. The number of phenols is 1. The van der Waals surface area contributed by atoms with Crippen LogP contribution in [0.25, 0.3) is 43.8 Å². The molecule has 0 radical (unpaired) electrons. The molecule has 6 aromatic carbocycles. The summed E-state index contributed by atoms with van der Waals surface area (Å²) in [5.74, 6) is -1.33. The van der Waals surface area contributed by atoms with E-state index in [1.165, 1.54) is 7.11 Å². The number of aromatic hydroxyl groups is 1. The van der Waals surface area contributed by atoms with Crippen LogP contribution in [0.4, 0.5) is 0 Å². The van der Waals surface area contributed by atoms with Crippen molar-refractivity contribution in [1.82, 2.24) is 0 Å². The molecule has 0 aliphatic rings. The van der Waals surface area contributed by atoms with Gasteiger partial charge >= 0.3 is 0 Å². The molecule has 0 aromatic heterocycles. The highest BCUT2D eigenvalue weighted by molar-refractivity contribution is 7.86.